The van der Waals surface area contributed by atoms with Gasteiger partial charge in [0, 0.05) is 20.6 Å². The highest BCUT2D eigenvalue weighted by atomic mass is 79.9. The average Bonchev–Trinajstić information content (AvgIpc) is 2.84. The van der Waals surface area contributed by atoms with Crippen LogP contribution in [-0.4, -0.2) is 10.2 Å². The summed E-state index contributed by atoms with van der Waals surface area (Å²) in [6.07, 6.45) is 0. The van der Waals surface area contributed by atoms with Crippen LogP contribution in [0.2, 0.25) is 10.0 Å². The minimum Gasteiger partial charge on any atom is -0.382 e. The first-order chi connectivity index (χ1) is 10.1. The smallest absolute Gasteiger partial charge is 0.153 e. The Morgan fingerprint density at radius 2 is 1.81 bits per heavy atom. The van der Waals surface area contributed by atoms with Crippen molar-refractivity contribution in [1.29, 1.82) is 0 Å². The number of nitrogens with one attached hydrogen (secondary N) is 1. The quantitative estimate of drug-likeness (QED) is 0.623. The standard InChI is InChI=1S/C15H10BrCl2N3/c16-11-4-2-1-3-9(11)13-14(20-21-15(13)19)10-7-8(17)5-6-12(10)18/h1-7H,(H3,19,20,21). The molecule has 0 spiro atoms. The van der Waals surface area contributed by atoms with E-state index in [1.807, 2.05) is 24.3 Å². The van der Waals surface area contributed by atoms with E-state index in [0.29, 0.717) is 15.9 Å². The van der Waals surface area contributed by atoms with E-state index in [-0.39, 0.29) is 0 Å². The Kier molecular flexibility index (Phi) is 3.93. The molecule has 0 atom stereocenters. The van der Waals surface area contributed by atoms with Crippen LogP contribution >= 0.6 is 39.1 Å². The van der Waals surface area contributed by atoms with Crippen LogP contribution in [-0.2, 0) is 0 Å². The van der Waals surface area contributed by atoms with Crippen LogP contribution in [0.15, 0.2) is 46.9 Å². The van der Waals surface area contributed by atoms with Gasteiger partial charge in [-0.1, -0.05) is 57.3 Å². The molecule has 6 heteroatoms. The third-order valence-corrected chi connectivity index (χ3v) is 4.39. The molecule has 0 aliphatic heterocycles. The number of hydrogen-bond donors (Lipinski definition) is 2. The van der Waals surface area contributed by atoms with Gasteiger partial charge in [-0.05, 0) is 24.3 Å². The lowest BCUT2D eigenvalue weighted by Gasteiger charge is -2.08. The Morgan fingerprint density at radius 1 is 1.05 bits per heavy atom. The molecular weight excluding hydrogens is 373 g/mol. The maximum Gasteiger partial charge on any atom is 0.153 e. The van der Waals surface area contributed by atoms with Crippen molar-refractivity contribution in [2.24, 2.45) is 0 Å². The van der Waals surface area contributed by atoms with E-state index in [4.69, 9.17) is 28.9 Å². The summed E-state index contributed by atoms with van der Waals surface area (Å²) in [5.41, 5.74) is 9.27. The highest BCUT2D eigenvalue weighted by Crippen LogP contribution is 2.41. The zero-order valence-electron chi connectivity index (χ0n) is 10.7. The molecule has 0 saturated carbocycles. The van der Waals surface area contributed by atoms with E-state index in [0.717, 1.165) is 26.9 Å². The maximum absolute atomic E-state index is 6.28. The van der Waals surface area contributed by atoms with Gasteiger partial charge in [0.25, 0.3) is 0 Å². The molecule has 0 amide bonds. The molecule has 0 unspecified atom stereocenters. The normalized spacial score (nSPS) is 10.8. The first-order valence-electron chi connectivity index (χ1n) is 6.12. The minimum atomic E-state index is 0.410. The Labute approximate surface area is 140 Å². The van der Waals surface area contributed by atoms with Gasteiger partial charge in [-0.25, -0.2) is 0 Å². The van der Waals surface area contributed by atoms with Crippen LogP contribution in [0, 0.1) is 0 Å². The van der Waals surface area contributed by atoms with Gasteiger partial charge < -0.3 is 5.73 Å². The summed E-state index contributed by atoms with van der Waals surface area (Å²) in [6.45, 7) is 0. The van der Waals surface area contributed by atoms with Crippen molar-refractivity contribution in [3.05, 3.63) is 57.0 Å². The predicted molar refractivity (Wildman–Crippen MR) is 91.6 cm³/mol. The summed E-state index contributed by atoms with van der Waals surface area (Å²) >= 11 is 15.9. The van der Waals surface area contributed by atoms with Crippen molar-refractivity contribution in [3.63, 3.8) is 0 Å². The number of nitrogens with zero attached hydrogens (tertiary/aromatic N) is 1. The first kappa shape index (κ1) is 14.4. The number of aromatic nitrogens is 2. The monoisotopic (exact) mass is 381 g/mol. The SMILES string of the molecule is Nc1n[nH]c(-c2cc(Cl)ccc2Cl)c1-c1ccccc1Br. The topological polar surface area (TPSA) is 54.7 Å². The number of benzene rings is 2. The largest absolute Gasteiger partial charge is 0.382 e. The van der Waals surface area contributed by atoms with E-state index in [9.17, 15) is 0 Å². The molecular formula is C15H10BrCl2N3. The Morgan fingerprint density at radius 3 is 2.57 bits per heavy atom. The molecule has 0 saturated heterocycles. The van der Waals surface area contributed by atoms with Gasteiger partial charge in [-0.3, -0.25) is 5.10 Å². The molecule has 0 radical (unpaired) electrons. The molecule has 0 fully saturated rings. The zero-order chi connectivity index (χ0) is 15.0. The summed E-state index contributed by atoms with van der Waals surface area (Å²) in [5, 5.41) is 8.23. The number of H-pyrrole nitrogens is 1. The third-order valence-electron chi connectivity index (χ3n) is 3.14. The second-order valence-corrected chi connectivity index (χ2v) is 6.16. The lowest BCUT2D eigenvalue weighted by molar-refractivity contribution is 1.10. The van der Waals surface area contributed by atoms with E-state index in [1.54, 1.807) is 18.2 Å². The molecule has 3 N–H and O–H groups in total. The molecule has 0 bridgehead atoms. The molecule has 0 aliphatic rings. The number of aromatic amines is 1. The lowest BCUT2D eigenvalue weighted by atomic mass is 10.0. The maximum atomic E-state index is 6.28. The number of hydrogen-bond acceptors (Lipinski definition) is 2. The Hall–Kier alpha value is -1.49. The minimum absolute atomic E-state index is 0.410. The van der Waals surface area contributed by atoms with Gasteiger partial charge in [0.15, 0.2) is 5.82 Å². The molecule has 3 nitrogen and oxygen atoms in total. The third kappa shape index (κ3) is 2.67. The second-order valence-electron chi connectivity index (χ2n) is 4.46. The van der Waals surface area contributed by atoms with Gasteiger partial charge in [-0.2, -0.15) is 5.10 Å². The summed E-state index contributed by atoms with van der Waals surface area (Å²) in [4.78, 5) is 0. The summed E-state index contributed by atoms with van der Waals surface area (Å²) in [7, 11) is 0. The number of nitrogens with two attached hydrogens (primary N) is 1. The molecule has 1 aromatic heterocycles. The molecule has 3 rings (SSSR count). The number of anilines is 1. The molecule has 1 heterocycles. The fraction of sp³-hybridized carbons (Fsp3) is 0. The van der Waals surface area contributed by atoms with Gasteiger partial charge >= 0.3 is 0 Å². The van der Waals surface area contributed by atoms with Crippen LogP contribution in [0.25, 0.3) is 22.4 Å². The summed E-state index contributed by atoms with van der Waals surface area (Å²) < 4.78 is 0.928. The molecule has 21 heavy (non-hydrogen) atoms. The number of halogens is 3. The molecule has 106 valence electrons. The number of nitrogen functional groups attached to an aromatic ring is 1. The van der Waals surface area contributed by atoms with E-state index in [2.05, 4.69) is 26.1 Å². The fourth-order valence-corrected chi connectivity index (χ4v) is 3.04. The second kappa shape index (κ2) is 5.72. The average molecular weight is 383 g/mol. The van der Waals surface area contributed by atoms with Gasteiger partial charge in [0.05, 0.1) is 16.3 Å². The lowest BCUT2D eigenvalue weighted by Crippen LogP contribution is -1.90. The van der Waals surface area contributed by atoms with Crippen molar-refractivity contribution >= 4 is 44.9 Å². The predicted octanol–water partition coefficient (Wildman–Crippen LogP) is 5.40. The van der Waals surface area contributed by atoms with Crippen LogP contribution < -0.4 is 5.73 Å². The fourth-order valence-electron chi connectivity index (χ4n) is 2.18. The molecule has 3 aromatic rings. The Bertz CT molecular complexity index is 814. The van der Waals surface area contributed by atoms with Gasteiger partial charge in [0.2, 0.25) is 0 Å². The van der Waals surface area contributed by atoms with Crippen LogP contribution in [0.5, 0.6) is 0 Å². The van der Waals surface area contributed by atoms with Gasteiger partial charge in [0.1, 0.15) is 0 Å². The first-order valence-corrected chi connectivity index (χ1v) is 7.67. The summed E-state index contributed by atoms with van der Waals surface area (Å²) in [5.74, 6) is 0.410. The van der Waals surface area contributed by atoms with Gasteiger partial charge in [-0.15, -0.1) is 0 Å². The van der Waals surface area contributed by atoms with Crippen LogP contribution in [0.1, 0.15) is 0 Å². The van der Waals surface area contributed by atoms with Crippen molar-refractivity contribution in [1.82, 2.24) is 10.2 Å². The number of rotatable bonds is 2. The van der Waals surface area contributed by atoms with E-state index >= 15 is 0 Å². The zero-order valence-corrected chi connectivity index (χ0v) is 13.8. The van der Waals surface area contributed by atoms with Crippen LogP contribution in [0.3, 0.4) is 0 Å². The molecule has 0 aliphatic carbocycles. The van der Waals surface area contributed by atoms with Crippen LogP contribution in [0.4, 0.5) is 5.82 Å². The van der Waals surface area contributed by atoms with Crippen molar-refractivity contribution in [2.45, 2.75) is 0 Å². The molecule has 2 aromatic carbocycles. The summed E-state index contributed by atoms with van der Waals surface area (Å²) in [6, 6.07) is 13.1. The van der Waals surface area contributed by atoms with Crippen molar-refractivity contribution in [2.75, 3.05) is 5.73 Å². The van der Waals surface area contributed by atoms with Crippen molar-refractivity contribution < 1.29 is 0 Å². The van der Waals surface area contributed by atoms with E-state index in [1.165, 1.54) is 0 Å². The Balaban J connectivity index is 2.27. The highest BCUT2D eigenvalue weighted by Gasteiger charge is 2.18. The van der Waals surface area contributed by atoms with Crippen molar-refractivity contribution in [3.8, 4) is 22.4 Å². The highest BCUT2D eigenvalue weighted by molar-refractivity contribution is 9.10. The van der Waals surface area contributed by atoms with E-state index < -0.39 is 0 Å².